The SMILES string of the molecule is C/C=C(\C=C/C(C)c1ccc(N(c2cccc3ccccc23)c2cccc3ccccc23)cc1)N(c1cccc2ccccc12)c1cccc2ccccc12. The van der Waals surface area contributed by atoms with Gasteiger partial charge < -0.3 is 9.80 Å². The molecule has 0 amide bonds. The molecule has 0 radical (unpaired) electrons. The van der Waals surface area contributed by atoms with Gasteiger partial charge in [0.1, 0.15) is 0 Å². The molecule has 0 aliphatic carbocycles. The molecule has 2 nitrogen and oxygen atoms in total. The Kier molecular flexibility index (Phi) is 9.15. The summed E-state index contributed by atoms with van der Waals surface area (Å²) in [5.74, 6) is 0.175. The second-order valence-corrected chi connectivity index (χ2v) is 14.1. The van der Waals surface area contributed by atoms with Crippen LogP contribution in [-0.4, -0.2) is 0 Å². The highest BCUT2D eigenvalue weighted by Crippen LogP contribution is 2.43. The molecule has 264 valence electrons. The lowest BCUT2D eigenvalue weighted by molar-refractivity contribution is 0.963. The third-order valence-electron chi connectivity index (χ3n) is 10.8. The summed E-state index contributed by atoms with van der Waals surface area (Å²) in [5, 5.41) is 9.77. The first kappa shape index (κ1) is 33.9. The van der Waals surface area contributed by atoms with Crippen LogP contribution in [0.3, 0.4) is 0 Å². The normalized spacial score (nSPS) is 12.5. The number of allylic oxidation sites excluding steroid dienone is 3. The van der Waals surface area contributed by atoms with E-state index in [9.17, 15) is 0 Å². The van der Waals surface area contributed by atoms with Crippen molar-refractivity contribution in [3.63, 3.8) is 0 Å². The van der Waals surface area contributed by atoms with Gasteiger partial charge in [-0.05, 0) is 82.4 Å². The summed E-state index contributed by atoms with van der Waals surface area (Å²) in [4.78, 5) is 4.84. The Bertz CT molecular complexity index is 2680. The number of hydrogen-bond acceptors (Lipinski definition) is 2. The molecule has 0 bridgehead atoms. The fraction of sp³-hybridized carbons (Fsp3) is 0.0566. The van der Waals surface area contributed by atoms with Crippen LogP contribution in [0.2, 0.25) is 0 Å². The van der Waals surface area contributed by atoms with Gasteiger partial charge in [0.15, 0.2) is 0 Å². The van der Waals surface area contributed by atoms with Crippen molar-refractivity contribution in [3.05, 3.63) is 224 Å². The molecule has 1 unspecified atom stereocenters. The van der Waals surface area contributed by atoms with Crippen molar-refractivity contribution in [2.75, 3.05) is 9.80 Å². The van der Waals surface area contributed by atoms with Gasteiger partial charge in [-0.1, -0.05) is 177 Å². The van der Waals surface area contributed by atoms with Crippen LogP contribution in [0.25, 0.3) is 43.1 Å². The van der Waals surface area contributed by atoms with E-state index < -0.39 is 0 Å². The van der Waals surface area contributed by atoms with Crippen molar-refractivity contribution >= 4 is 71.5 Å². The van der Waals surface area contributed by atoms with Gasteiger partial charge in [0.05, 0.1) is 22.7 Å². The molecule has 55 heavy (non-hydrogen) atoms. The summed E-state index contributed by atoms with van der Waals surface area (Å²) in [6.45, 7) is 4.42. The molecule has 9 aromatic rings. The molecule has 2 heteroatoms. The first-order valence-corrected chi connectivity index (χ1v) is 19.1. The van der Waals surface area contributed by atoms with E-state index in [4.69, 9.17) is 0 Å². The second-order valence-electron chi connectivity index (χ2n) is 14.1. The minimum atomic E-state index is 0.175. The summed E-state index contributed by atoms with van der Waals surface area (Å²) >= 11 is 0. The van der Waals surface area contributed by atoms with Gasteiger partial charge in [0.2, 0.25) is 0 Å². The first-order chi connectivity index (χ1) is 27.2. The molecule has 0 fully saturated rings. The third kappa shape index (κ3) is 6.43. The average molecular weight is 707 g/mol. The average Bonchev–Trinajstić information content (AvgIpc) is 3.25. The number of hydrogen-bond donors (Lipinski definition) is 0. The van der Waals surface area contributed by atoms with E-state index in [2.05, 4.69) is 236 Å². The van der Waals surface area contributed by atoms with Crippen LogP contribution in [0.1, 0.15) is 25.3 Å². The Labute approximate surface area is 323 Å². The molecule has 0 aliphatic rings. The maximum atomic E-state index is 2.42. The van der Waals surface area contributed by atoms with Crippen LogP contribution in [0.4, 0.5) is 28.4 Å². The molecule has 9 rings (SSSR count). The van der Waals surface area contributed by atoms with Gasteiger partial charge in [-0.25, -0.2) is 0 Å². The second kappa shape index (κ2) is 14.9. The Morgan fingerprint density at radius 3 is 1.20 bits per heavy atom. The Morgan fingerprint density at radius 1 is 0.418 bits per heavy atom. The summed E-state index contributed by atoms with van der Waals surface area (Å²) in [6.07, 6.45) is 6.85. The minimum Gasteiger partial charge on any atom is -0.310 e. The monoisotopic (exact) mass is 706 g/mol. The predicted octanol–water partition coefficient (Wildman–Crippen LogP) is 15.2. The predicted molar refractivity (Wildman–Crippen MR) is 237 cm³/mol. The first-order valence-electron chi connectivity index (χ1n) is 19.1. The number of fused-ring (bicyclic) bond motifs is 4. The molecule has 0 saturated heterocycles. The van der Waals surface area contributed by atoms with Gasteiger partial charge in [-0.15, -0.1) is 0 Å². The Morgan fingerprint density at radius 2 is 0.782 bits per heavy atom. The summed E-state index contributed by atoms with van der Waals surface area (Å²) in [6, 6.07) is 70.1. The third-order valence-corrected chi connectivity index (χ3v) is 10.8. The van der Waals surface area contributed by atoms with E-state index in [1.807, 2.05) is 0 Å². The van der Waals surface area contributed by atoms with Gasteiger partial charge in [0, 0.05) is 32.9 Å². The Hall–Kier alpha value is -6.90. The van der Waals surface area contributed by atoms with Gasteiger partial charge in [-0.2, -0.15) is 0 Å². The lowest BCUT2D eigenvalue weighted by atomic mass is 9.98. The highest BCUT2D eigenvalue weighted by Gasteiger charge is 2.20. The van der Waals surface area contributed by atoms with Crippen LogP contribution in [0.15, 0.2) is 218 Å². The number of nitrogens with zero attached hydrogens (tertiary/aromatic N) is 2. The largest absolute Gasteiger partial charge is 0.310 e. The maximum absolute atomic E-state index is 2.42. The molecule has 1 atom stereocenters. The number of benzene rings is 9. The molecule has 0 spiro atoms. The highest BCUT2D eigenvalue weighted by molar-refractivity contribution is 6.05. The zero-order chi connectivity index (χ0) is 37.1. The van der Waals surface area contributed by atoms with E-state index in [0.717, 1.165) is 34.1 Å². The maximum Gasteiger partial charge on any atom is 0.0540 e. The zero-order valence-electron chi connectivity index (χ0n) is 31.2. The molecule has 0 aromatic heterocycles. The molecule has 0 saturated carbocycles. The van der Waals surface area contributed by atoms with Crippen LogP contribution in [0.5, 0.6) is 0 Å². The summed E-state index contributed by atoms with van der Waals surface area (Å²) in [5.41, 5.74) is 8.14. The smallest absolute Gasteiger partial charge is 0.0540 e. The molecular weight excluding hydrogens is 665 g/mol. The van der Waals surface area contributed by atoms with Crippen LogP contribution < -0.4 is 9.80 Å². The molecule has 0 heterocycles. The molecule has 9 aromatic carbocycles. The number of rotatable bonds is 9. The summed E-state index contributed by atoms with van der Waals surface area (Å²) in [7, 11) is 0. The lowest BCUT2D eigenvalue weighted by Gasteiger charge is -2.29. The van der Waals surface area contributed by atoms with E-state index >= 15 is 0 Å². The van der Waals surface area contributed by atoms with Crippen molar-refractivity contribution in [2.24, 2.45) is 0 Å². The van der Waals surface area contributed by atoms with Crippen molar-refractivity contribution in [1.82, 2.24) is 0 Å². The fourth-order valence-electron chi connectivity index (χ4n) is 8.01. The van der Waals surface area contributed by atoms with Gasteiger partial charge in [0.25, 0.3) is 0 Å². The molecular formula is C53H42N2. The zero-order valence-corrected chi connectivity index (χ0v) is 31.2. The Balaban J connectivity index is 1.10. The fourth-order valence-corrected chi connectivity index (χ4v) is 8.01. The van der Waals surface area contributed by atoms with Crippen molar-refractivity contribution in [2.45, 2.75) is 19.8 Å². The van der Waals surface area contributed by atoms with Crippen molar-refractivity contribution < 1.29 is 0 Å². The van der Waals surface area contributed by atoms with Gasteiger partial charge in [-0.3, -0.25) is 0 Å². The van der Waals surface area contributed by atoms with Crippen LogP contribution >= 0.6 is 0 Å². The quantitative estimate of drug-likeness (QED) is 0.138. The van der Waals surface area contributed by atoms with E-state index in [1.165, 1.54) is 48.7 Å². The highest BCUT2D eigenvalue weighted by atomic mass is 15.2. The van der Waals surface area contributed by atoms with E-state index in [0.29, 0.717) is 0 Å². The molecule has 0 aliphatic heterocycles. The topological polar surface area (TPSA) is 6.48 Å². The van der Waals surface area contributed by atoms with Gasteiger partial charge >= 0.3 is 0 Å². The number of anilines is 5. The van der Waals surface area contributed by atoms with E-state index in [-0.39, 0.29) is 5.92 Å². The van der Waals surface area contributed by atoms with Crippen LogP contribution in [-0.2, 0) is 0 Å². The molecule has 0 N–H and O–H groups in total. The van der Waals surface area contributed by atoms with Crippen molar-refractivity contribution in [1.29, 1.82) is 0 Å². The van der Waals surface area contributed by atoms with E-state index in [1.54, 1.807) is 0 Å². The van der Waals surface area contributed by atoms with Crippen LogP contribution in [0, 0.1) is 0 Å². The minimum absolute atomic E-state index is 0.175. The lowest BCUT2D eigenvalue weighted by Crippen LogP contribution is -2.16. The standard InChI is InChI=1S/C53H42N2/c1-3-44(54(50-28-12-20-40-16-4-8-24-46(40)50)51-29-13-21-41-17-5-9-25-47(41)51)35-32-38(2)39-33-36-45(37-34-39)55(52-30-14-22-42-18-6-10-26-48(42)52)53-31-15-23-43-19-7-11-27-49(43)53/h3-38H,1-2H3/b35-32-,44-3+. The summed E-state index contributed by atoms with van der Waals surface area (Å²) < 4.78 is 0. The van der Waals surface area contributed by atoms with Crippen molar-refractivity contribution in [3.8, 4) is 0 Å².